The number of rotatable bonds is 4. The molecule has 5 heteroatoms. The van der Waals surface area contributed by atoms with Crippen LogP contribution in [0.15, 0.2) is 5.51 Å². The van der Waals surface area contributed by atoms with Gasteiger partial charge in [-0.3, -0.25) is 4.79 Å². The van der Waals surface area contributed by atoms with Crippen molar-refractivity contribution in [2.75, 3.05) is 13.6 Å². The quantitative estimate of drug-likeness (QED) is 0.929. The first-order chi connectivity index (χ1) is 9.66. The lowest BCUT2D eigenvalue weighted by Crippen LogP contribution is -2.38. The fourth-order valence-corrected chi connectivity index (χ4v) is 3.94. The molecule has 1 aromatic rings. The van der Waals surface area contributed by atoms with Crippen molar-refractivity contribution in [3.05, 3.63) is 16.1 Å². The fourth-order valence-electron chi connectivity index (χ4n) is 3.07. The van der Waals surface area contributed by atoms with Crippen LogP contribution in [-0.4, -0.2) is 40.6 Å². The number of hydrogen-bond donors (Lipinski definition) is 1. The number of aromatic nitrogens is 1. The lowest BCUT2D eigenvalue weighted by Gasteiger charge is -2.31. The summed E-state index contributed by atoms with van der Waals surface area (Å²) in [5, 5.41) is 10.0. The van der Waals surface area contributed by atoms with E-state index in [2.05, 4.69) is 4.98 Å². The Labute approximate surface area is 123 Å². The van der Waals surface area contributed by atoms with Gasteiger partial charge in [-0.25, -0.2) is 4.98 Å². The van der Waals surface area contributed by atoms with Crippen LogP contribution in [0, 0.1) is 5.92 Å². The first kappa shape index (κ1) is 14.0. The summed E-state index contributed by atoms with van der Waals surface area (Å²) >= 11 is 1.45. The lowest BCUT2D eigenvalue weighted by molar-refractivity contribution is 0.0452. The summed E-state index contributed by atoms with van der Waals surface area (Å²) in [6.07, 6.45) is 6.25. The maximum absolute atomic E-state index is 12.6. The second-order valence-corrected chi connectivity index (χ2v) is 6.99. The van der Waals surface area contributed by atoms with Crippen molar-refractivity contribution < 1.29 is 9.90 Å². The summed E-state index contributed by atoms with van der Waals surface area (Å²) in [4.78, 5) is 19.5. The Bertz CT molecular complexity index is 484. The topological polar surface area (TPSA) is 53.4 Å². The Hall–Kier alpha value is -0.940. The van der Waals surface area contributed by atoms with E-state index in [9.17, 15) is 9.90 Å². The molecule has 2 atom stereocenters. The van der Waals surface area contributed by atoms with Gasteiger partial charge in [-0.2, -0.15) is 0 Å². The van der Waals surface area contributed by atoms with Gasteiger partial charge in [0, 0.05) is 25.4 Å². The molecule has 0 saturated heterocycles. The monoisotopic (exact) mass is 294 g/mol. The second kappa shape index (κ2) is 5.82. The number of amides is 1. The van der Waals surface area contributed by atoms with Gasteiger partial charge in [0.05, 0.1) is 17.3 Å². The summed E-state index contributed by atoms with van der Waals surface area (Å²) in [6, 6.07) is 0. The number of thiazole rings is 1. The van der Waals surface area contributed by atoms with E-state index in [4.69, 9.17) is 0 Å². The summed E-state index contributed by atoms with van der Waals surface area (Å²) in [7, 11) is 1.85. The van der Waals surface area contributed by atoms with Crippen LogP contribution in [0.4, 0.5) is 0 Å². The van der Waals surface area contributed by atoms with Gasteiger partial charge in [0.15, 0.2) is 0 Å². The second-order valence-electron chi connectivity index (χ2n) is 6.14. The minimum Gasteiger partial charge on any atom is -0.393 e. The molecule has 0 aliphatic heterocycles. The largest absolute Gasteiger partial charge is 0.393 e. The van der Waals surface area contributed by atoms with Gasteiger partial charge in [0.25, 0.3) is 5.91 Å². The van der Waals surface area contributed by atoms with Crippen LogP contribution < -0.4 is 0 Å². The molecule has 0 radical (unpaired) electrons. The zero-order valence-corrected chi connectivity index (χ0v) is 12.7. The van der Waals surface area contributed by atoms with Gasteiger partial charge < -0.3 is 10.0 Å². The van der Waals surface area contributed by atoms with Crippen molar-refractivity contribution in [1.82, 2.24) is 9.88 Å². The third-order valence-electron chi connectivity index (χ3n) is 4.48. The SMILES string of the molecule is CN(CC1CCCCC1O)C(=O)c1scnc1C1CC1. The maximum atomic E-state index is 12.6. The molecule has 20 heavy (non-hydrogen) atoms. The van der Waals surface area contributed by atoms with Gasteiger partial charge in [-0.1, -0.05) is 12.8 Å². The molecule has 110 valence electrons. The number of hydrogen-bond acceptors (Lipinski definition) is 4. The molecule has 2 aliphatic rings. The van der Waals surface area contributed by atoms with Crippen molar-refractivity contribution >= 4 is 17.2 Å². The number of aliphatic hydroxyl groups excluding tert-OH is 1. The van der Waals surface area contributed by atoms with Crippen LogP contribution in [0.3, 0.4) is 0 Å². The highest BCUT2D eigenvalue weighted by atomic mass is 32.1. The van der Waals surface area contributed by atoms with Gasteiger partial charge in [-0.05, 0) is 25.7 Å². The molecule has 2 aliphatic carbocycles. The molecule has 3 rings (SSSR count). The minimum absolute atomic E-state index is 0.0761. The molecule has 2 fully saturated rings. The van der Waals surface area contributed by atoms with Crippen molar-refractivity contribution in [2.24, 2.45) is 5.92 Å². The Morgan fingerprint density at radius 2 is 2.15 bits per heavy atom. The molecule has 4 nitrogen and oxygen atoms in total. The molecule has 1 aromatic heterocycles. The van der Waals surface area contributed by atoms with Crippen molar-refractivity contribution in [3.63, 3.8) is 0 Å². The van der Waals surface area contributed by atoms with Gasteiger partial charge in [0.2, 0.25) is 0 Å². The van der Waals surface area contributed by atoms with Gasteiger partial charge in [-0.15, -0.1) is 11.3 Å². The van der Waals surface area contributed by atoms with E-state index in [1.807, 2.05) is 7.05 Å². The van der Waals surface area contributed by atoms with Crippen LogP contribution >= 0.6 is 11.3 Å². The summed E-state index contributed by atoms with van der Waals surface area (Å²) < 4.78 is 0. The van der Waals surface area contributed by atoms with E-state index >= 15 is 0 Å². The molecule has 2 unspecified atom stereocenters. The highest BCUT2D eigenvalue weighted by molar-refractivity contribution is 7.11. The van der Waals surface area contributed by atoms with Crippen LogP contribution in [0.2, 0.25) is 0 Å². The zero-order chi connectivity index (χ0) is 14.1. The Balaban J connectivity index is 1.65. The first-order valence-electron chi connectivity index (χ1n) is 7.53. The van der Waals surface area contributed by atoms with E-state index in [1.165, 1.54) is 11.3 Å². The summed E-state index contributed by atoms with van der Waals surface area (Å²) in [6.45, 7) is 0.655. The number of carbonyl (C=O) groups is 1. The van der Waals surface area contributed by atoms with Crippen LogP contribution in [-0.2, 0) is 0 Å². The number of aliphatic hydroxyl groups is 1. The molecule has 1 amide bonds. The Kier molecular flexibility index (Phi) is 4.08. The smallest absolute Gasteiger partial charge is 0.265 e. The zero-order valence-electron chi connectivity index (χ0n) is 11.9. The first-order valence-corrected chi connectivity index (χ1v) is 8.41. The van der Waals surface area contributed by atoms with Crippen molar-refractivity contribution in [3.8, 4) is 0 Å². The van der Waals surface area contributed by atoms with E-state index in [-0.39, 0.29) is 17.9 Å². The molecule has 1 heterocycles. The normalized spacial score (nSPS) is 26.5. The lowest BCUT2D eigenvalue weighted by atomic mass is 9.86. The maximum Gasteiger partial charge on any atom is 0.265 e. The minimum atomic E-state index is -0.247. The Morgan fingerprint density at radius 3 is 2.85 bits per heavy atom. The Morgan fingerprint density at radius 1 is 1.40 bits per heavy atom. The van der Waals surface area contributed by atoms with Gasteiger partial charge >= 0.3 is 0 Å². The number of nitrogens with zero attached hydrogens (tertiary/aromatic N) is 2. The highest BCUT2D eigenvalue weighted by Crippen LogP contribution is 2.42. The summed E-state index contributed by atoms with van der Waals surface area (Å²) in [5.41, 5.74) is 2.78. The fraction of sp³-hybridized carbons (Fsp3) is 0.733. The highest BCUT2D eigenvalue weighted by Gasteiger charge is 2.32. The molecular formula is C15H22N2O2S. The van der Waals surface area contributed by atoms with Crippen molar-refractivity contribution in [1.29, 1.82) is 0 Å². The van der Waals surface area contributed by atoms with Crippen LogP contribution in [0.25, 0.3) is 0 Å². The average molecular weight is 294 g/mol. The van der Waals surface area contributed by atoms with Crippen molar-refractivity contribution in [2.45, 2.75) is 50.5 Å². The van der Waals surface area contributed by atoms with Gasteiger partial charge in [0.1, 0.15) is 4.88 Å². The molecule has 2 saturated carbocycles. The van der Waals surface area contributed by atoms with Crippen LogP contribution in [0.1, 0.15) is 59.8 Å². The average Bonchev–Trinajstić information content (AvgIpc) is 3.18. The molecule has 1 N–H and O–H groups in total. The third-order valence-corrected chi connectivity index (χ3v) is 5.31. The molecule has 0 bridgehead atoms. The van der Waals surface area contributed by atoms with Crippen LogP contribution in [0.5, 0.6) is 0 Å². The predicted octanol–water partition coefficient (Wildman–Crippen LogP) is 2.64. The molecular weight excluding hydrogens is 272 g/mol. The van der Waals surface area contributed by atoms with E-state index in [0.29, 0.717) is 12.5 Å². The molecule has 0 aromatic carbocycles. The van der Waals surface area contributed by atoms with E-state index in [0.717, 1.165) is 49.1 Å². The van der Waals surface area contributed by atoms with E-state index < -0.39 is 0 Å². The molecule has 0 spiro atoms. The van der Waals surface area contributed by atoms with E-state index in [1.54, 1.807) is 10.4 Å². The summed E-state index contributed by atoms with van der Waals surface area (Å²) in [5.74, 6) is 0.816. The predicted molar refractivity (Wildman–Crippen MR) is 79.0 cm³/mol. The third kappa shape index (κ3) is 2.88. The standard InChI is InChI=1S/C15H22N2O2S/c1-17(8-11-4-2-3-5-12(11)18)15(19)14-13(10-6-7-10)16-9-20-14/h9-12,18H,2-8H2,1H3. The number of carbonyl (C=O) groups excluding carboxylic acids is 1.